The molecule has 2 aromatic carbocycles. The van der Waals surface area contributed by atoms with E-state index in [-0.39, 0.29) is 17.5 Å². The van der Waals surface area contributed by atoms with Crippen molar-refractivity contribution >= 4 is 27.7 Å². The first kappa shape index (κ1) is 29.5. The zero-order valence-electron chi connectivity index (χ0n) is 23.5. The van der Waals surface area contributed by atoms with Crippen LogP contribution in [0.15, 0.2) is 30.3 Å². The monoisotopic (exact) mass is 518 g/mol. The molecular weight excluding hydrogens is 476 g/mol. The Morgan fingerprint density at radius 2 is 1.33 bits per heavy atom. The lowest BCUT2D eigenvalue weighted by Crippen LogP contribution is -2.43. The summed E-state index contributed by atoms with van der Waals surface area (Å²) in [5, 5.41) is 10.4. The Balaban J connectivity index is 2.94. The van der Waals surface area contributed by atoms with Gasteiger partial charge in [0.05, 0.1) is 18.5 Å². The van der Waals surface area contributed by atoms with Gasteiger partial charge in [-0.3, -0.25) is 4.72 Å². The summed E-state index contributed by atoms with van der Waals surface area (Å²) in [6.07, 6.45) is -1.59. The van der Waals surface area contributed by atoms with Crippen LogP contribution in [-0.4, -0.2) is 26.7 Å². The topological polar surface area (TPSA) is 95.9 Å². The third-order valence-electron chi connectivity index (χ3n) is 6.16. The Kier molecular flexibility index (Phi) is 8.46. The van der Waals surface area contributed by atoms with Crippen LogP contribution in [0, 0.1) is 0 Å². The van der Waals surface area contributed by atoms with Gasteiger partial charge < -0.3 is 9.84 Å². The molecule has 0 spiro atoms. The molecule has 0 bridgehead atoms. The highest BCUT2D eigenvalue weighted by Crippen LogP contribution is 2.44. The van der Waals surface area contributed by atoms with Crippen LogP contribution < -0.4 is 13.8 Å². The SMILES string of the molecule is COc1cc(C(C)(C)C)c(N(C(=O)O)S(=O)(=O)Nc2c(C(C)C)cccc2C(C)C)c(C(C)(C)C)c1. The molecule has 200 valence electrons. The molecule has 0 atom stereocenters. The fourth-order valence-corrected chi connectivity index (χ4v) is 5.48. The largest absolute Gasteiger partial charge is 0.497 e. The van der Waals surface area contributed by atoms with E-state index in [0.29, 0.717) is 26.9 Å². The van der Waals surface area contributed by atoms with E-state index in [0.717, 1.165) is 11.1 Å². The Hall–Kier alpha value is -2.74. The van der Waals surface area contributed by atoms with Crippen molar-refractivity contribution in [2.24, 2.45) is 0 Å². The highest BCUT2D eigenvalue weighted by atomic mass is 32.2. The van der Waals surface area contributed by atoms with Crippen molar-refractivity contribution in [3.05, 3.63) is 52.6 Å². The minimum Gasteiger partial charge on any atom is -0.497 e. The second-order valence-corrected chi connectivity index (χ2v) is 13.4. The molecule has 0 saturated carbocycles. The zero-order chi connectivity index (χ0) is 27.8. The third kappa shape index (κ3) is 6.14. The summed E-state index contributed by atoms with van der Waals surface area (Å²) in [4.78, 5) is 12.8. The molecule has 0 aliphatic rings. The average Bonchev–Trinajstić information content (AvgIpc) is 2.71. The average molecular weight is 519 g/mol. The number of para-hydroxylation sites is 1. The van der Waals surface area contributed by atoms with E-state index in [2.05, 4.69) is 4.72 Å². The number of hydrogen-bond acceptors (Lipinski definition) is 4. The molecule has 7 nitrogen and oxygen atoms in total. The molecule has 2 N–H and O–H groups in total. The van der Waals surface area contributed by atoms with Crippen LogP contribution in [0.5, 0.6) is 5.75 Å². The van der Waals surface area contributed by atoms with Gasteiger partial charge in [0.1, 0.15) is 5.75 Å². The predicted molar refractivity (Wildman–Crippen MR) is 148 cm³/mol. The molecule has 0 aromatic heterocycles. The van der Waals surface area contributed by atoms with Gasteiger partial charge >= 0.3 is 16.3 Å². The summed E-state index contributed by atoms with van der Waals surface area (Å²) in [7, 11) is -3.04. The summed E-state index contributed by atoms with van der Waals surface area (Å²) in [6, 6.07) is 9.08. The van der Waals surface area contributed by atoms with E-state index in [1.807, 2.05) is 87.4 Å². The number of carboxylic acid groups (broad SMARTS) is 1. The van der Waals surface area contributed by atoms with Gasteiger partial charge in [-0.05, 0) is 57.1 Å². The fourth-order valence-electron chi connectivity index (χ4n) is 4.25. The van der Waals surface area contributed by atoms with Crippen molar-refractivity contribution in [3.63, 3.8) is 0 Å². The number of methoxy groups -OCH3 is 1. The Morgan fingerprint density at radius 1 is 0.917 bits per heavy atom. The van der Waals surface area contributed by atoms with Crippen LogP contribution in [0.25, 0.3) is 0 Å². The van der Waals surface area contributed by atoms with Crippen molar-refractivity contribution in [2.45, 2.75) is 91.9 Å². The van der Waals surface area contributed by atoms with Crippen LogP contribution in [0.3, 0.4) is 0 Å². The molecule has 2 aromatic rings. The van der Waals surface area contributed by atoms with Gasteiger partial charge in [0.15, 0.2) is 0 Å². The Labute approximate surface area is 217 Å². The minimum absolute atomic E-state index is 0.0240. The van der Waals surface area contributed by atoms with Crippen LogP contribution >= 0.6 is 0 Å². The highest BCUT2D eigenvalue weighted by Gasteiger charge is 2.39. The van der Waals surface area contributed by atoms with Gasteiger partial charge in [-0.2, -0.15) is 12.7 Å². The van der Waals surface area contributed by atoms with Gasteiger partial charge in [0.25, 0.3) is 0 Å². The number of hydrogen-bond donors (Lipinski definition) is 2. The van der Waals surface area contributed by atoms with Crippen LogP contribution in [-0.2, 0) is 21.0 Å². The van der Waals surface area contributed by atoms with Gasteiger partial charge in [-0.25, -0.2) is 4.79 Å². The minimum atomic E-state index is -4.58. The van der Waals surface area contributed by atoms with Gasteiger partial charge in [-0.1, -0.05) is 87.4 Å². The molecule has 1 amide bonds. The first-order valence-electron chi connectivity index (χ1n) is 12.2. The summed E-state index contributed by atoms with van der Waals surface area (Å²) in [6.45, 7) is 19.4. The van der Waals surface area contributed by atoms with E-state index in [4.69, 9.17) is 4.74 Å². The second-order valence-electron chi connectivity index (χ2n) is 11.8. The Morgan fingerprint density at radius 3 is 1.64 bits per heavy atom. The Bertz CT molecular complexity index is 1160. The smallest absolute Gasteiger partial charge is 0.427 e. The molecule has 36 heavy (non-hydrogen) atoms. The lowest BCUT2D eigenvalue weighted by Gasteiger charge is -2.34. The maximum Gasteiger partial charge on any atom is 0.427 e. The number of anilines is 2. The van der Waals surface area contributed by atoms with E-state index >= 15 is 0 Å². The van der Waals surface area contributed by atoms with Crippen molar-refractivity contribution < 1.29 is 23.1 Å². The molecule has 2 rings (SSSR count). The van der Waals surface area contributed by atoms with Crippen molar-refractivity contribution in [3.8, 4) is 5.75 Å². The lowest BCUT2D eigenvalue weighted by atomic mass is 9.78. The number of nitrogens with one attached hydrogen (secondary N) is 1. The fraction of sp³-hybridized carbons (Fsp3) is 0.536. The van der Waals surface area contributed by atoms with Gasteiger partial charge in [-0.15, -0.1) is 0 Å². The van der Waals surface area contributed by atoms with Crippen LogP contribution in [0.1, 0.15) is 103 Å². The maximum absolute atomic E-state index is 14.0. The highest BCUT2D eigenvalue weighted by molar-refractivity contribution is 7.94. The summed E-state index contributed by atoms with van der Waals surface area (Å²) in [5.41, 5.74) is 2.12. The van der Waals surface area contributed by atoms with Crippen LogP contribution in [0.4, 0.5) is 16.2 Å². The molecule has 0 fully saturated rings. The predicted octanol–water partition coefficient (Wildman–Crippen LogP) is 7.38. The molecule has 0 heterocycles. The lowest BCUT2D eigenvalue weighted by molar-refractivity contribution is 0.206. The van der Waals surface area contributed by atoms with Crippen molar-refractivity contribution in [1.82, 2.24) is 0 Å². The number of amides is 1. The summed E-state index contributed by atoms with van der Waals surface area (Å²) >= 11 is 0. The molecular formula is C28H42N2O5S. The number of carbonyl (C=O) groups is 1. The maximum atomic E-state index is 14.0. The zero-order valence-corrected chi connectivity index (χ0v) is 24.3. The van der Waals surface area contributed by atoms with E-state index in [1.54, 1.807) is 12.1 Å². The van der Waals surface area contributed by atoms with Gasteiger partial charge in [0.2, 0.25) is 0 Å². The number of rotatable bonds is 7. The number of nitrogens with zero attached hydrogens (tertiary/aromatic N) is 1. The molecule has 0 aliphatic carbocycles. The van der Waals surface area contributed by atoms with Crippen molar-refractivity contribution in [1.29, 1.82) is 0 Å². The first-order valence-corrected chi connectivity index (χ1v) is 13.7. The van der Waals surface area contributed by atoms with Gasteiger partial charge in [0, 0.05) is 0 Å². The molecule has 0 unspecified atom stereocenters. The van der Waals surface area contributed by atoms with E-state index in [9.17, 15) is 18.3 Å². The second kappa shape index (κ2) is 10.3. The number of benzene rings is 2. The third-order valence-corrected chi connectivity index (χ3v) is 7.44. The standard InChI is InChI=1S/C28H42N2O5S/c1-17(2)20-13-12-14-21(18(3)4)24(20)29-36(33,34)30(26(31)32)25-22(27(5,6)7)15-19(35-11)16-23(25)28(8,9)10/h12-18,29H,1-11H3,(H,31,32). The van der Waals surface area contributed by atoms with E-state index in [1.165, 1.54) is 7.11 Å². The van der Waals surface area contributed by atoms with Crippen molar-refractivity contribution in [2.75, 3.05) is 16.1 Å². The van der Waals surface area contributed by atoms with Crippen LogP contribution in [0.2, 0.25) is 0 Å². The first-order chi connectivity index (χ1) is 16.3. The molecule has 0 aliphatic heterocycles. The molecule has 0 radical (unpaired) electrons. The summed E-state index contributed by atoms with van der Waals surface area (Å²) < 4.78 is 36.7. The normalized spacial score (nSPS) is 12.7. The molecule has 8 heteroatoms. The van der Waals surface area contributed by atoms with E-state index < -0.39 is 27.1 Å². The quantitative estimate of drug-likeness (QED) is 0.399. The summed E-state index contributed by atoms with van der Waals surface area (Å²) in [5.74, 6) is 0.586. The number of ether oxygens (including phenoxy) is 1. The molecule has 0 saturated heterocycles.